The number of carbonyl (C=O) groups excluding carboxylic acids is 4. The lowest BCUT2D eigenvalue weighted by molar-refractivity contribution is -0.149. The maximum absolute atomic E-state index is 12.1. The fourth-order valence-corrected chi connectivity index (χ4v) is 2.53. The van der Waals surface area contributed by atoms with Gasteiger partial charge in [0.05, 0.1) is 0 Å². The fraction of sp³-hybridized carbons (Fsp3) is 0.200. The molecular formula is C20H19N3O6. The maximum atomic E-state index is 12.1. The highest BCUT2D eigenvalue weighted by molar-refractivity contribution is 5.98. The number of nitrogens with one attached hydrogen (secondary N) is 2. The smallest absolute Gasteiger partial charge is 0.325 e. The van der Waals surface area contributed by atoms with Crippen molar-refractivity contribution in [1.29, 1.82) is 0 Å². The number of ether oxygens (including phenoxy) is 2. The Morgan fingerprint density at radius 3 is 2.34 bits per heavy atom. The summed E-state index contributed by atoms with van der Waals surface area (Å²) in [5.41, 5.74) is 0.336. The van der Waals surface area contributed by atoms with Gasteiger partial charge < -0.3 is 20.1 Å². The monoisotopic (exact) mass is 397 g/mol. The molecule has 3 rings (SSSR count). The number of imide groups is 1. The van der Waals surface area contributed by atoms with Crippen LogP contribution in [0.2, 0.25) is 0 Å². The molecule has 0 atom stereocenters. The molecule has 1 fully saturated rings. The van der Waals surface area contributed by atoms with Crippen LogP contribution >= 0.6 is 0 Å². The Morgan fingerprint density at radius 1 is 1.00 bits per heavy atom. The van der Waals surface area contributed by atoms with Crippen molar-refractivity contribution < 1.29 is 28.7 Å². The number of carbonyl (C=O) groups is 4. The number of para-hydroxylation sites is 1. The lowest BCUT2D eigenvalue weighted by atomic mass is 10.2. The van der Waals surface area contributed by atoms with Crippen LogP contribution in [0.4, 0.5) is 4.79 Å². The molecule has 0 spiro atoms. The quantitative estimate of drug-likeness (QED) is 0.681. The summed E-state index contributed by atoms with van der Waals surface area (Å²) in [4.78, 5) is 47.9. The highest BCUT2D eigenvalue weighted by atomic mass is 16.5. The second-order valence-electron chi connectivity index (χ2n) is 6.06. The van der Waals surface area contributed by atoms with Crippen LogP contribution in [0.1, 0.15) is 10.4 Å². The first-order chi connectivity index (χ1) is 14.0. The molecule has 1 aliphatic heterocycles. The van der Waals surface area contributed by atoms with E-state index >= 15 is 0 Å². The Labute approximate surface area is 166 Å². The summed E-state index contributed by atoms with van der Waals surface area (Å²) < 4.78 is 10.4. The first-order valence-electron chi connectivity index (χ1n) is 8.88. The molecule has 1 aliphatic rings. The molecule has 0 saturated carbocycles. The second-order valence-corrected chi connectivity index (χ2v) is 6.06. The van der Waals surface area contributed by atoms with Crippen molar-refractivity contribution in [3.63, 3.8) is 0 Å². The molecule has 1 saturated heterocycles. The van der Waals surface area contributed by atoms with Crippen LogP contribution in [-0.2, 0) is 14.3 Å². The van der Waals surface area contributed by atoms with Gasteiger partial charge in [0.1, 0.15) is 18.0 Å². The Morgan fingerprint density at radius 2 is 1.69 bits per heavy atom. The maximum Gasteiger partial charge on any atom is 0.325 e. The normalized spacial score (nSPS) is 12.8. The third-order valence-corrected chi connectivity index (χ3v) is 4.00. The first-order valence-corrected chi connectivity index (χ1v) is 8.88. The van der Waals surface area contributed by atoms with E-state index in [1.165, 1.54) is 0 Å². The molecule has 2 N–H and O–H groups in total. The van der Waals surface area contributed by atoms with Gasteiger partial charge in [-0.2, -0.15) is 0 Å². The van der Waals surface area contributed by atoms with Crippen molar-refractivity contribution in [3.8, 4) is 11.5 Å². The van der Waals surface area contributed by atoms with Gasteiger partial charge in [0.2, 0.25) is 0 Å². The third kappa shape index (κ3) is 5.55. The van der Waals surface area contributed by atoms with Crippen molar-refractivity contribution in [2.45, 2.75) is 0 Å². The molecule has 0 radical (unpaired) electrons. The highest BCUT2D eigenvalue weighted by Gasteiger charge is 2.26. The molecular weight excluding hydrogens is 378 g/mol. The SMILES string of the molecule is O=C(CNC(=O)c1ccc(Oc2ccccc2)cc1)OCC(=O)N1CCNC1=O. The van der Waals surface area contributed by atoms with Crippen molar-refractivity contribution >= 4 is 23.8 Å². The van der Waals surface area contributed by atoms with Gasteiger partial charge in [-0.3, -0.25) is 19.3 Å². The molecule has 29 heavy (non-hydrogen) atoms. The zero-order valence-corrected chi connectivity index (χ0v) is 15.4. The van der Waals surface area contributed by atoms with Gasteiger partial charge in [0.25, 0.3) is 11.8 Å². The van der Waals surface area contributed by atoms with Crippen LogP contribution in [0, 0.1) is 0 Å². The van der Waals surface area contributed by atoms with E-state index in [1.54, 1.807) is 24.3 Å². The summed E-state index contributed by atoms with van der Waals surface area (Å²) >= 11 is 0. The largest absolute Gasteiger partial charge is 0.457 e. The predicted octanol–water partition coefficient (Wildman–Crippen LogP) is 1.30. The van der Waals surface area contributed by atoms with E-state index in [9.17, 15) is 19.2 Å². The second kappa shape index (κ2) is 9.36. The van der Waals surface area contributed by atoms with Crippen LogP contribution in [0.25, 0.3) is 0 Å². The van der Waals surface area contributed by atoms with E-state index in [-0.39, 0.29) is 6.54 Å². The molecule has 0 unspecified atom stereocenters. The van der Waals surface area contributed by atoms with Gasteiger partial charge in [0, 0.05) is 18.7 Å². The number of nitrogens with zero attached hydrogens (tertiary/aromatic N) is 1. The Hall–Kier alpha value is -3.88. The van der Waals surface area contributed by atoms with E-state index in [2.05, 4.69) is 10.6 Å². The minimum absolute atomic E-state index is 0.232. The van der Waals surface area contributed by atoms with Crippen LogP contribution in [-0.4, -0.2) is 55.0 Å². The lowest BCUT2D eigenvalue weighted by Crippen LogP contribution is -2.38. The van der Waals surface area contributed by atoms with Crippen LogP contribution < -0.4 is 15.4 Å². The Kier molecular flexibility index (Phi) is 6.41. The van der Waals surface area contributed by atoms with Crippen LogP contribution in [0.15, 0.2) is 54.6 Å². The molecule has 0 aromatic heterocycles. The topological polar surface area (TPSA) is 114 Å². The number of benzene rings is 2. The first kappa shape index (κ1) is 19.9. The minimum Gasteiger partial charge on any atom is -0.457 e. The molecule has 1 heterocycles. The average Bonchev–Trinajstić information content (AvgIpc) is 3.17. The average molecular weight is 397 g/mol. The van der Waals surface area contributed by atoms with Gasteiger partial charge in [-0.25, -0.2) is 4.79 Å². The predicted molar refractivity (Wildman–Crippen MR) is 101 cm³/mol. The van der Waals surface area contributed by atoms with Gasteiger partial charge in [-0.1, -0.05) is 18.2 Å². The molecule has 150 valence electrons. The Bertz CT molecular complexity index is 898. The van der Waals surface area contributed by atoms with Crippen molar-refractivity contribution in [2.24, 2.45) is 0 Å². The highest BCUT2D eigenvalue weighted by Crippen LogP contribution is 2.21. The molecule has 0 aliphatic carbocycles. The standard InChI is InChI=1S/C20H19N3O6/c24-17(23-11-10-21-20(23)27)13-28-18(25)12-22-19(26)14-6-8-16(9-7-14)29-15-4-2-1-3-5-15/h1-9H,10-13H2,(H,21,27)(H,22,26). The number of urea groups is 1. The summed E-state index contributed by atoms with van der Waals surface area (Å²) in [6, 6.07) is 15.1. The van der Waals surface area contributed by atoms with Crippen molar-refractivity contribution in [1.82, 2.24) is 15.5 Å². The lowest BCUT2D eigenvalue weighted by Gasteiger charge is -2.12. The Balaban J connectivity index is 1.42. The summed E-state index contributed by atoms with van der Waals surface area (Å²) in [5, 5.41) is 4.88. The minimum atomic E-state index is -0.782. The van der Waals surface area contributed by atoms with E-state index in [0.717, 1.165) is 4.90 Å². The molecule has 2 aromatic rings. The van der Waals surface area contributed by atoms with E-state index in [4.69, 9.17) is 9.47 Å². The van der Waals surface area contributed by atoms with E-state index in [0.29, 0.717) is 23.6 Å². The molecule has 9 heteroatoms. The molecule has 0 bridgehead atoms. The number of rotatable bonds is 7. The molecule has 9 nitrogen and oxygen atoms in total. The summed E-state index contributed by atoms with van der Waals surface area (Å²) in [5.74, 6) is -0.632. The van der Waals surface area contributed by atoms with Gasteiger partial charge >= 0.3 is 12.0 Å². The van der Waals surface area contributed by atoms with Gasteiger partial charge in [0.15, 0.2) is 6.61 Å². The number of hydrogen-bond donors (Lipinski definition) is 2. The van der Waals surface area contributed by atoms with Gasteiger partial charge in [-0.15, -0.1) is 0 Å². The summed E-state index contributed by atoms with van der Waals surface area (Å²) in [7, 11) is 0. The number of esters is 1. The zero-order chi connectivity index (χ0) is 20.6. The van der Waals surface area contributed by atoms with E-state index in [1.807, 2.05) is 30.3 Å². The van der Waals surface area contributed by atoms with Gasteiger partial charge in [-0.05, 0) is 36.4 Å². The zero-order valence-electron chi connectivity index (χ0n) is 15.4. The molecule has 4 amide bonds. The van der Waals surface area contributed by atoms with Crippen molar-refractivity contribution in [2.75, 3.05) is 26.2 Å². The summed E-state index contributed by atoms with van der Waals surface area (Å²) in [6.07, 6.45) is 0. The number of hydrogen-bond acceptors (Lipinski definition) is 6. The third-order valence-electron chi connectivity index (χ3n) is 4.00. The van der Waals surface area contributed by atoms with E-state index < -0.39 is 37.0 Å². The van der Waals surface area contributed by atoms with Crippen LogP contribution in [0.3, 0.4) is 0 Å². The molecule has 2 aromatic carbocycles. The van der Waals surface area contributed by atoms with Crippen molar-refractivity contribution in [3.05, 3.63) is 60.2 Å². The van der Waals surface area contributed by atoms with Crippen LogP contribution in [0.5, 0.6) is 11.5 Å². The number of amides is 4. The summed E-state index contributed by atoms with van der Waals surface area (Å²) in [6.45, 7) is -0.367. The fourth-order valence-electron chi connectivity index (χ4n) is 2.53.